The van der Waals surface area contributed by atoms with Gasteiger partial charge in [0.2, 0.25) is 10.9 Å². The maximum atomic E-state index is 12.0. The Kier molecular flexibility index (Phi) is 5.32. The van der Waals surface area contributed by atoms with Gasteiger partial charge in [0, 0.05) is 12.1 Å². The van der Waals surface area contributed by atoms with Crippen LogP contribution in [0.4, 0.5) is 0 Å². The van der Waals surface area contributed by atoms with Gasteiger partial charge in [-0.2, -0.15) is 0 Å². The van der Waals surface area contributed by atoms with Crippen molar-refractivity contribution in [2.45, 2.75) is 37.3 Å². The predicted molar refractivity (Wildman–Crippen MR) is 72.7 cm³/mol. The zero-order valence-corrected chi connectivity index (χ0v) is 12.6. The molecule has 0 aliphatic rings. The highest BCUT2D eigenvalue weighted by Crippen LogP contribution is 2.16. The number of hydrogen-bond acceptors (Lipinski definition) is 6. The van der Waals surface area contributed by atoms with E-state index in [4.69, 9.17) is 10.2 Å². The molecule has 0 unspecified atom stereocenters. The molecule has 0 atom stereocenters. The van der Waals surface area contributed by atoms with Gasteiger partial charge in [-0.25, -0.2) is 17.9 Å². The van der Waals surface area contributed by atoms with Gasteiger partial charge in [-0.05, 0) is 25.0 Å². The number of carbonyl (C=O) groups is 1. The second-order valence-corrected chi connectivity index (χ2v) is 6.20. The first-order chi connectivity index (χ1) is 9.28. The van der Waals surface area contributed by atoms with Crippen molar-refractivity contribution in [3.63, 3.8) is 0 Å². The fraction of sp³-hybridized carbons (Fsp3) is 0.583. The topological polar surface area (TPSA) is 112 Å². The van der Waals surface area contributed by atoms with Gasteiger partial charge >= 0.3 is 5.97 Å². The summed E-state index contributed by atoms with van der Waals surface area (Å²) in [6.07, 6.45) is 1.27. The minimum absolute atomic E-state index is 0.0938. The summed E-state index contributed by atoms with van der Waals surface area (Å²) >= 11 is 0. The van der Waals surface area contributed by atoms with E-state index < -0.39 is 21.5 Å². The molecule has 0 fully saturated rings. The van der Waals surface area contributed by atoms with Crippen LogP contribution < -0.4 is 10.5 Å². The molecule has 1 rings (SSSR count). The zero-order valence-electron chi connectivity index (χ0n) is 11.8. The number of methoxy groups -OCH3 is 1. The van der Waals surface area contributed by atoms with Gasteiger partial charge in [0.1, 0.15) is 0 Å². The van der Waals surface area contributed by atoms with Crippen LogP contribution in [-0.2, 0) is 14.8 Å². The van der Waals surface area contributed by atoms with E-state index in [0.29, 0.717) is 12.8 Å². The highest BCUT2D eigenvalue weighted by atomic mass is 32.2. The van der Waals surface area contributed by atoms with E-state index in [0.717, 1.165) is 0 Å². The predicted octanol–water partition coefficient (Wildman–Crippen LogP) is 0.862. The molecule has 114 valence electrons. The van der Waals surface area contributed by atoms with E-state index in [-0.39, 0.29) is 17.4 Å². The number of carbonyl (C=O) groups excluding carboxylic acids is 1. The van der Waals surface area contributed by atoms with Gasteiger partial charge in [0.25, 0.3) is 10.0 Å². The Morgan fingerprint density at radius 2 is 2.00 bits per heavy atom. The number of nitrogens with two attached hydrogens (primary N) is 1. The van der Waals surface area contributed by atoms with Crippen molar-refractivity contribution < 1.29 is 22.4 Å². The Hall–Kier alpha value is -1.38. The second kappa shape index (κ2) is 6.38. The van der Waals surface area contributed by atoms with Crippen LogP contribution in [0.5, 0.6) is 0 Å². The van der Waals surface area contributed by atoms with Crippen LogP contribution in [-0.4, -0.2) is 33.6 Å². The summed E-state index contributed by atoms with van der Waals surface area (Å²) in [5, 5.41) is -0.340. The van der Waals surface area contributed by atoms with E-state index in [1.54, 1.807) is 0 Å². The lowest BCUT2D eigenvalue weighted by Gasteiger charge is -2.26. The minimum atomic E-state index is -3.84. The lowest BCUT2D eigenvalue weighted by atomic mass is 9.95. The van der Waals surface area contributed by atoms with E-state index in [2.05, 4.69) is 9.46 Å². The molecule has 0 bridgehead atoms. The second-order valence-electron chi connectivity index (χ2n) is 4.50. The molecular weight excluding hydrogens is 284 g/mol. The number of hydrogen-bond donors (Lipinski definition) is 2. The van der Waals surface area contributed by atoms with Crippen LogP contribution in [0, 0.1) is 0 Å². The SMILES string of the molecule is CCC(N)(CC)CNS(=O)(=O)c1ccc(C(=O)OC)o1. The Bertz CT molecular complexity index is 560. The molecule has 3 N–H and O–H groups in total. The lowest BCUT2D eigenvalue weighted by Crippen LogP contribution is -2.49. The summed E-state index contributed by atoms with van der Waals surface area (Å²) < 4.78 is 35.8. The average Bonchev–Trinajstić information content (AvgIpc) is 2.94. The Labute approximate surface area is 118 Å². The molecule has 0 spiro atoms. The Morgan fingerprint density at radius 1 is 1.40 bits per heavy atom. The Balaban J connectivity index is 2.84. The molecule has 7 nitrogen and oxygen atoms in total. The van der Waals surface area contributed by atoms with Crippen molar-refractivity contribution >= 4 is 16.0 Å². The summed E-state index contributed by atoms with van der Waals surface area (Å²) in [6, 6.07) is 2.44. The molecule has 0 saturated heterocycles. The van der Waals surface area contributed by atoms with Crippen LogP contribution >= 0.6 is 0 Å². The van der Waals surface area contributed by atoms with Crippen LogP contribution in [0.25, 0.3) is 0 Å². The van der Waals surface area contributed by atoms with Gasteiger partial charge < -0.3 is 14.9 Å². The highest BCUT2D eigenvalue weighted by molar-refractivity contribution is 7.89. The third-order valence-corrected chi connectivity index (χ3v) is 4.53. The number of esters is 1. The number of rotatable bonds is 7. The van der Waals surface area contributed by atoms with Crippen LogP contribution in [0.3, 0.4) is 0 Å². The number of nitrogens with one attached hydrogen (secondary N) is 1. The van der Waals surface area contributed by atoms with Gasteiger partial charge in [-0.1, -0.05) is 13.8 Å². The average molecular weight is 304 g/mol. The first kappa shape index (κ1) is 16.7. The monoisotopic (exact) mass is 304 g/mol. The van der Waals surface area contributed by atoms with Crippen LogP contribution in [0.2, 0.25) is 0 Å². The van der Waals surface area contributed by atoms with Crippen LogP contribution in [0.1, 0.15) is 37.2 Å². The fourth-order valence-electron chi connectivity index (χ4n) is 1.48. The third-order valence-electron chi connectivity index (χ3n) is 3.26. The smallest absolute Gasteiger partial charge is 0.374 e. The normalized spacial score (nSPS) is 12.4. The van der Waals surface area contributed by atoms with E-state index in [1.165, 1.54) is 19.2 Å². The first-order valence-corrected chi connectivity index (χ1v) is 7.73. The van der Waals surface area contributed by atoms with Gasteiger partial charge in [-0.3, -0.25) is 0 Å². The third kappa shape index (κ3) is 3.81. The molecule has 1 aromatic heterocycles. The van der Waals surface area contributed by atoms with Crippen molar-refractivity contribution in [2.75, 3.05) is 13.7 Å². The van der Waals surface area contributed by atoms with Gasteiger partial charge in [0.05, 0.1) is 7.11 Å². The summed E-state index contributed by atoms with van der Waals surface area (Å²) in [5.41, 5.74) is 5.42. The molecule has 0 aromatic carbocycles. The molecule has 1 aromatic rings. The van der Waals surface area contributed by atoms with Crippen molar-refractivity contribution in [1.29, 1.82) is 0 Å². The summed E-state index contributed by atoms with van der Waals surface area (Å²) in [6.45, 7) is 3.87. The van der Waals surface area contributed by atoms with Crippen molar-refractivity contribution in [3.8, 4) is 0 Å². The van der Waals surface area contributed by atoms with Gasteiger partial charge in [0.15, 0.2) is 0 Å². The molecule has 0 saturated carbocycles. The number of ether oxygens (including phenoxy) is 1. The standard InChI is InChI=1S/C12H20N2O5S/c1-4-12(13,5-2)8-14-20(16,17)10-7-6-9(19-10)11(15)18-3/h6-7,14H,4-5,8,13H2,1-3H3. The first-order valence-electron chi connectivity index (χ1n) is 6.24. The number of furan rings is 1. The minimum Gasteiger partial charge on any atom is -0.463 e. The van der Waals surface area contributed by atoms with Crippen molar-refractivity contribution in [2.24, 2.45) is 5.73 Å². The van der Waals surface area contributed by atoms with E-state index in [1.807, 2.05) is 13.8 Å². The summed E-state index contributed by atoms with van der Waals surface area (Å²) in [4.78, 5) is 11.2. The largest absolute Gasteiger partial charge is 0.463 e. The maximum Gasteiger partial charge on any atom is 0.374 e. The molecule has 0 aliphatic heterocycles. The van der Waals surface area contributed by atoms with E-state index >= 15 is 0 Å². The molecular formula is C12H20N2O5S. The zero-order chi connectivity index (χ0) is 15.4. The maximum absolute atomic E-state index is 12.0. The Morgan fingerprint density at radius 3 is 2.50 bits per heavy atom. The highest BCUT2D eigenvalue weighted by Gasteiger charge is 2.26. The van der Waals surface area contributed by atoms with Crippen molar-refractivity contribution in [3.05, 3.63) is 17.9 Å². The molecule has 8 heteroatoms. The fourth-order valence-corrected chi connectivity index (χ4v) is 2.55. The molecule has 20 heavy (non-hydrogen) atoms. The quantitative estimate of drug-likeness (QED) is 0.723. The lowest BCUT2D eigenvalue weighted by molar-refractivity contribution is 0.0559. The van der Waals surface area contributed by atoms with Crippen molar-refractivity contribution in [1.82, 2.24) is 4.72 Å². The molecule has 1 heterocycles. The molecule has 0 aliphatic carbocycles. The van der Waals surface area contributed by atoms with Gasteiger partial charge in [-0.15, -0.1) is 0 Å². The van der Waals surface area contributed by atoms with Crippen LogP contribution in [0.15, 0.2) is 21.6 Å². The van der Waals surface area contributed by atoms with E-state index in [9.17, 15) is 13.2 Å². The summed E-state index contributed by atoms with van der Waals surface area (Å²) in [7, 11) is -2.66. The molecule has 0 radical (unpaired) electrons. The summed E-state index contributed by atoms with van der Waals surface area (Å²) in [5.74, 6) is -0.903. The molecule has 0 amide bonds. The number of sulfonamides is 1.